The Labute approximate surface area is 81.9 Å². The van der Waals surface area contributed by atoms with Gasteiger partial charge >= 0.3 is 0 Å². The molecule has 0 aliphatic rings. The van der Waals surface area contributed by atoms with Crippen LogP contribution in [0, 0.1) is 0 Å². The van der Waals surface area contributed by atoms with Crippen LogP contribution in [0.5, 0.6) is 0 Å². The maximum Gasteiger partial charge on any atom is 0.109 e. The largest absolute Gasteiger partial charge is 0.400 e. The fourth-order valence-corrected chi connectivity index (χ4v) is 0.433. The maximum absolute atomic E-state index is 7.00. The van der Waals surface area contributed by atoms with E-state index in [1.165, 1.54) is 6.34 Å². The molecule has 0 radical (unpaired) electrons. The van der Waals surface area contributed by atoms with E-state index in [9.17, 15) is 0 Å². The summed E-state index contributed by atoms with van der Waals surface area (Å²) < 4.78 is 0. The Balaban J connectivity index is -0.000000218. The maximum atomic E-state index is 7.00. The molecule has 3 heteroatoms. The molecule has 3 nitrogen and oxygen atoms in total. The van der Waals surface area contributed by atoms with Crippen LogP contribution in [0.2, 0.25) is 0 Å². The van der Waals surface area contributed by atoms with Gasteiger partial charge in [-0.25, -0.2) is 4.99 Å². The molecule has 0 heterocycles. The highest BCUT2D eigenvalue weighted by atomic mass is 16.2. The third-order valence-electron chi connectivity index (χ3n) is 0.785. The van der Waals surface area contributed by atoms with E-state index < -0.39 is 0 Å². The van der Waals surface area contributed by atoms with Crippen LogP contribution in [0.1, 0.15) is 27.7 Å². The smallest absolute Gasteiger partial charge is 0.109 e. The van der Waals surface area contributed by atoms with Crippen LogP contribution in [0.4, 0.5) is 0 Å². The minimum atomic E-state index is 0.975. The highest BCUT2D eigenvalue weighted by Gasteiger charge is 1.74. The first-order valence-corrected chi connectivity index (χ1v) is 4.33. The standard InChI is InChI=1S/C7H12N2.C2H6.CH4O/c1-4-5-7(2)9-6-8-3;2*1-2/h4-6H,1-3H3;1-2H3;2H,1H3/b5-4+,8-6?,9-7?;;. The van der Waals surface area contributed by atoms with Crippen LogP contribution >= 0.6 is 0 Å². The Morgan fingerprint density at radius 1 is 1.23 bits per heavy atom. The average Bonchev–Trinajstić information content (AvgIpc) is 2.21. The lowest BCUT2D eigenvalue weighted by molar-refractivity contribution is 0.399. The molecule has 0 bridgehead atoms. The summed E-state index contributed by atoms with van der Waals surface area (Å²) in [6.07, 6.45) is 5.42. The van der Waals surface area contributed by atoms with Gasteiger partial charge in [-0.1, -0.05) is 19.9 Å². The zero-order valence-electron chi connectivity index (χ0n) is 9.57. The van der Waals surface area contributed by atoms with Crippen molar-refractivity contribution in [1.82, 2.24) is 0 Å². The molecular formula is C10H22N2O. The molecule has 0 aliphatic carbocycles. The number of rotatable bonds is 2. The quantitative estimate of drug-likeness (QED) is 0.522. The van der Waals surface area contributed by atoms with Crippen molar-refractivity contribution in [2.24, 2.45) is 9.98 Å². The van der Waals surface area contributed by atoms with Gasteiger partial charge in [-0.05, 0) is 19.9 Å². The molecule has 0 amide bonds. The molecule has 0 aliphatic heterocycles. The molecule has 0 fully saturated rings. The van der Waals surface area contributed by atoms with Crippen molar-refractivity contribution in [3.05, 3.63) is 12.2 Å². The lowest BCUT2D eigenvalue weighted by Crippen LogP contribution is -1.82. The number of aliphatic imine (C=N–C) groups is 2. The third-order valence-corrected chi connectivity index (χ3v) is 0.785. The lowest BCUT2D eigenvalue weighted by atomic mass is 10.4. The Morgan fingerprint density at radius 2 is 1.69 bits per heavy atom. The van der Waals surface area contributed by atoms with Crippen LogP contribution in [0.25, 0.3) is 0 Å². The van der Waals surface area contributed by atoms with E-state index in [1.807, 2.05) is 39.8 Å². The predicted octanol–water partition coefficient (Wildman–Crippen LogP) is 2.32. The van der Waals surface area contributed by atoms with E-state index in [1.54, 1.807) is 7.05 Å². The molecule has 0 aromatic carbocycles. The first-order valence-electron chi connectivity index (χ1n) is 4.33. The minimum Gasteiger partial charge on any atom is -0.400 e. The van der Waals surface area contributed by atoms with Gasteiger partial charge in [0, 0.05) is 19.9 Å². The summed E-state index contributed by atoms with van der Waals surface area (Å²) in [6.45, 7) is 7.89. The zero-order chi connectivity index (χ0) is 11.1. The Hall–Kier alpha value is -0.960. The van der Waals surface area contributed by atoms with Crippen molar-refractivity contribution < 1.29 is 5.11 Å². The molecule has 0 rings (SSSR count). The molecule has 0 aromatic rings. The Kier molecular flexibility index (Phi) is 31.0. The number of aliphatic hydroxyl groups excluding tert-OH is 1. The van der Waals surface area contributed by atoms with Gasteiger partial charge in [-0.3, -0.25) is 4.99 Å². The van der Waals surface area contributed by atoms with Gasteiger partial charge in [0.2, 0.25) is 0 Å². The van der Waals surface area contributed by atoms with E-state index in [4.69, 9.17) is 5.11 Å². The summed E-state index contributed by atoms with van der Waals surface area (Å²) in [7, 11) is 2.70. The topological polar surface area (TPSA) is 45.0 Å². The highest BCUT2D eigenvalue weighted by molar-refractivity contribution is 5.97. The summed E-state index contributed by atoms with van der Waals surface area (Å²) in [4.78, 5) is 7.68. The fourth-order valence-electron chi connectivity index (χ4n) is 0.433. The van der Waals surface area contributed by atoms with E-state index in [-0.39, 0.29) is 0 Å². The molecular weight excluding hydrogens is 164 g/mol. The van der Waals surface area contributed by atoms with Crippen molar-refractivity contribution in [2.45, 2.75) is 27.7 Å². The first-order chi connectivity index (χ1) is 6.31. The van der Waals surface area contributed by atoms with Crippen molar-refractivity contribution >= 4 is 12.1 Å². The molecule has 0 saturated heterocycles. The average molecular weight is 186 g/mol. The summed E-state index contributed by atoms with van der Waals surface area (Å²) in [5.74, 6) is 0. The molecule has 0 spiro atoms. The summed E-state index contributed by atoms with van der Waals surface area (Å²) >= 11 is 0. The van der Waals surface area contributed by atoms with Crippen LogP contribution in [0.15, 0.2) is 22.1 Å². The summed E-state index contributed by atoms with van der Waals surface area (Å²) in [5, 5.41) is 7.00. The van der Waals surface area contributed by atoms with E-state index >= 15 is 0 Å². The fraction of sp³-hybridized carbons (Fsp3) is 0.600. The third kappa shape index (κ3) is 24.7. The molecule has 0 atom stereocenters. The molecule has 0 aromatic heterocycles. The molecule has 13 heavy (non-hydrogen) atoms. The summed E-state index contributed by atoms with van der Waals surface area (Å²) in [6, 6.07) is 0. The predicted molar refractivity (Wildman–Crippen MR) is 61.8 cm³/mol. The van der Waals surface area contributed by atoms with Crippen LogP contribution in [-0.4, -0.2) is 31.3 Å². The Bertz CT molecular complexity index is 149. The van der Waals surface area contributed by atoms with Crippen molar-refractivity contribution in [3.63, 3.8) is 0 Å². The first kappa shape index (κ1) is 18.0. The van der Waals surface area contributed by atoms with Crippen LogP contribution in [-0.2, 0) is 0 Å². The van der Waals surface area contributed by atoms with Gasteiger partial charge in [-0.2, -0.15) is 0 Å². The second-order valence-corrected chi connectivity index (χ2v) is 1.64. The van der Waals surface area contributed by atoms with Gasteiger partial charge in [0.25, 0.3) is 0 Å². The van der Waals surface area contributed by atoms with E-state index in [0.29, 0.717) is 0 Å². The molecule has 1 N–H and O–H groups in total. The van der Waals surface area contributed by atoms with Gasteiger partial charge in [-0.15, -0.1) is 0 Å². The monoisotopic (exact) mass is 186 g/mol. The van der Waals surface area contributed by atoms with Crippen LogP contribution < -0.4 is 0 Å². The van der Waals surface area contributed by atoms with E-state index in [0.717, 1.165) is 12.8 Å². The van der Waals surface area contributed by atoms with Gasteiger partial charge in [0.15, 0.2) is 0 Å². The van der Waals surface area contributed by atoms with Crippen molar-refractivity contribution in [2.75, 3.05) is 14.2 Å². The number of allylic oxidation sites excluding steroid dienone is 2. The SMILES string of the molecule is C/C=C/C(C)=NC=NC.CC.CO. The normalized spacial score (nSPS) is 10.5. The van der Waals surface area contributed by atoms with Gasteiger partial charge < -0.3 is 5.11 Å². The Morgan fingerprint density at radius 3 is 2.00 bits per heavy atom. The van der Waals surface area contributed by atoms with Crippen molar-refractivity contribution in [1.29, 1.82) is 0 Å². The number of hydrogen-bond donors (Lipinski definition) is 1. The van der Waals surface area contributed by atoms with Crippen LogP contribution in [0.3, 0.4) is 0 Å². The van der Waals surface area contributed by atoms with Gasteiger partial charge in [0.05, 0.1) is 0 Å². The number of hydrogen-bond acceptors (Lipinski definition) is 2. The summed E-state index contributed by atoms with van der Waals surface area (Å²) in [5.41, 5.74) is 0.975. The second kappa shape index (κ2) is 22.5. The molecule has 78 valence electrons. The van der Waals surface area contributed by atoms with Gasteiger partial charge in [0.1, 0.15) is 6.34 Å². The molecule has 0 saturated carbocycles. The highest BCUT2D eigenvalue weighted by Crippen LogP contribution is 1.77. The van der Waals surface area contributed by atoms with Crippen molar-refractivity contribution in [3.8, 4) is 0 Å². The second-order valence-electron chi connectivity index (χ2n) is 1.64. The number of aliphatic hydroxyl groups is 1. The molecule has 0 unspecified atom stereocenters. The van der Waals surface area contributed by atoms with E-state index in [2.05, 4.69) is 9.98 Å². The zero-order valence-corrected chi connectivity index (χ0v) is 9.57. The number of nitrogens with zero attached hydrogens (tertiary/aromatic N) is 2. The lowest BCUT2D eigenvalue weighted by Gasteiger charge is -1.82. The minimum absolute atomic E-state index is 0.975.